The van der Waals surface area contributed by atoms with Gasteiger partial charge in [0, 0.05) is 13.7 Å². The summed E-state index contributed by atoms with van der Waals surface area (Å²) in [5.41, 5.74) is 1.23. The summed E-state index contributed by atoms with van der Waals surface area (Å²) < 4.78 is 5.46. The minimum absolute atomic E-state index is 0.149. The highest BCUT2D eigenvalue weighted by Gasteiger charge is 2.08. The van der Waals surface area contributed by atoms with Crippen LogP contribution < -0.4 is 10.6 Å². The average Bonchev–Trinajstić information content (AvgIpc) is 2.35. The van der Waals surface area contributed by atoms with Crippen LogP contribution in [0.1, 0.15) is 18.1 Å². The van der Waals surface area contributed by atoms with E-state index in [0.717, 1.165) is 26.1 Å². The lowest BCUT2D eigenvalue weighted by Gasteiger charge is -2.16. The molecule has 0 aliphatic carbocycles. The minimum Gasteiger partial charge on any atom is -0.375 e. The molecule has 90 valence electrons. The summed E-state index contributed by atoms with van der Waals surface area (Å²) in [6.07, 6.45) is 1.29. The zero-order chi connectivity index (χ0) is 11.6. The number of hydrogen-bond acceptors (Lipinski definition) is 3. The Labute approximate surface area is 98.2 Å². The monoisotopic (exact) mass is 222 g/mol. The van der Waals surface area contributed by atoms with Crippen LogP contribution >= 0.6 is 0 Å². The van der Waals surface area contributed by atoms with Crippen molar-refractivity contribution in [2.45, 2.75) is 12.5 Å². The van der Waals surface area contributed by atoms with E-state index in [-0.39, 0.29) is 6.10 Å². The zero-order valence-corrected chi connectivity index (χ0v) is 10.2. The van der Waals surface area contributed by atoms with Gasteiger partial charge in [0.2, 0.25) is 0 Å². The molecule has 0 fully saturated rings. The summed E-state index contributed by atoms with van der Waals surface area (Å²) in [5, 5.41) is 6.53. The molecule has 0 aromatic heterocycles. The van der Waals surface area contributed by atoms with Crippen LogP contribution in [0.4, 0.5) is 0 Å². The van der Waals surface area contributed by atoms with Gasteiger partial charge >= 0.3 is 0 Å². The number of hydrogen-bond donors (Lipinski definition) is 2. The molecule has 3 heteroatoms. The maximum absolute atomic E-state index is 5.46. The van der Waals surface area contributed by atoms with Gasteiger partial charge in [-0.05, 0) is 32.1 Å². The molecule has 2 N–H and O–H groups in total. The highest BCUT2D eigenvalue weighted by atomic mass is 16.5. The Morgan fingerprint density at radius 3 is 2.56 bits per heavy atom. The van der Waals surface area contributed by atoms with E-state index in [0.29, 0.717) is 0 Å². The van der Waals surface area contributed by atoms with Crippen LogP contribution in [0.15, 0.2) is 30.3 Å². The number of methoxy groups -OCH3 is 1. The predicted octanol–water partition coefficient (Wildman–Crippen LogP) is 1.57. The zero-order valence-electron chi connectivity index (χ0n) is 10.2. The van der Waals surface area contributed by atoms with Crippen LogP contribution in [0.3, 0.4) is 0 Å². The fourth-order valence-electron chi connectivity index (χ4n) is 1.63. The first-order valence-corrected chi connectivity index (χ1v) is 5.81. The molecule has 1 unspecified atom stereocenters. The lowest BCUT2D eigenvalue weighted by molar-refractivity contribution is 0.102. The second-order valence-electron chi connectivity index (χ2n) is 3.80. The number of benzene rings is 1. The van der Waals surface area contributed by atoms with Crippen molar-refractivity contribution in [2.75, 3.05) is 33.8 Å². The van der Waals surface area contributed by atoms with Gasteiger partial charge in [-0.3, -0.25) is 0 Å². The van der Waals surface area contributed by atoms with Crippen molar-refractivity contribution in [2.24, 2.45) is 0 Å². The first kappa shape index (κ1) is 13.2. The van der Waals surface area contributed by atoms with E-state index in [2.05, 4.69) is 22.8 Å². The van der Waals surface area contributed by atoms with E-state index in [1.54, 1.807) is 7.11 Å². The summed E-state index contributed by atoms with van der Waals surface area (Å²) in [5.74, 6) is 0. The first-order valence-electron chi connectivity index (χ1n) is 5.81. The lowest BCUT2D eigenvalue weighted by atomic mass is 10.1. The maximum atomic E-state index is 5.46. The largest absolute Gasteiger partial charge is 0.375 e. The van der Waals surface area contributed by atoms with E-state index in [1.807, 2.05) is 25.2 Å². The molecule has 0 aliphatic rings. The van der Waals surface area contributed by atoms with Crippen LogP contribution in [-0.4, -0.2) is 33.8 Å². The molecule has 0 bridgehead atoms. The third-order valence-electron chi connectivity index (χ3n) is 2.57. The maximum Gasteiger partial charge on any atom is 0.0945 e. The predicted molar refractivity (Wildman–Crippen MR) is 67.6 cm³/mol. The molecule has 16 heavy (non-hydrogen) atoms. The Kier molecular flexibility index (Phi) is 6.81. The third-order valence-corrected chi connectivity index (χ3v) is 2.57. The molecule has 0 saturated heterocycles. The molecule has 3 nitrogen and oxygen atoms in total. The minimum atomic E-state index is 0.149. The smallest absolute Gasteiger partial charge is 0.0945 e. The molecule has 1 atom stereocenters. The van der Waals surface area contributed by atoms with Crippen molar-refractivity contribution in [3.63, 3.8) is 0 Å². The van der Waals surface area contributed by atoms with Crippen molar-refractivity contribution >= 4 is 0 Å². The molecular formula is C13H22N2O. The van der Waals surface area contributed by atoms with Gasteiger partial charge in [0.1, 0.15) is 0 Å². The second kappa shape index (κ2) is 8.28. The topological polar surface area (TPSA) is 33.3 Å². The van der Waals surface area contributed by atoms with Crippen molar-refractivity contribution < 1.29 is 4.74 Å². The Balaban J connectivity index is 2.27. The van der Waals surface area contributed by atoms with Crippen LogP contribution in [0.2, 0.25) is 0 Å². The second-order valence-corrected chi connectivity index (χ2v) is 3.80. The Hall–Kier alpha value is -0.900. The Bertz CT molecular complexity index is 264. The molecule has 1 aromatic carbocycles. The Morgan fingerprint density at radius 1 is 1.19 bits per heavy atom. The molecule has 0 spiro atoms. The molecule has 0 aliphatic heterocycles. The van der Waals surface area contributed by atoms with Gasteiger partial charge in [0.05, 0.1) is 6.10 Å². The fourth-order valence-corrected chi connectivity index (χ4v) is 1.63. The molecule has 0 saturated carbocycles. The number of nitrogens with one attached hydrogen (secondary N) is 2. The van der Waals surface area contributed by atoms with E-state index in [9.17, 15) is 0 Å². The van der Waals surface area contributed by atoms with Gasteiger partial charge in [-0.25, -0.2) is 0 Å². The average molecular weight is 222 g/mol. The molecule has 0 heterocycles. The van der Waals surface area contributed by atoms with E-state index in [4.69, 9.17) is 4.74 Å². The molecule has 1 aromatic rings. The summed E-state index contributed by atoms with van der Waals surface area (Å²) in [6, 6.07) is 10.3. The van der Waals surface area contributed by atoms with Gasteiger partial charge in [-0.1, -0.05) is 30.3 Å². The van der Waals surface area contributed by atoms with Crippen LogP contribution in [0.5, 0.6) is 0 Å². The normalized spacial score (nSPS) is 12.6. The highest BCUT2D eigenvalue weighted by molar-refractivity contribution is 5.17. The molecule has 0 amide bonds. The van der Waals surface area contributed by atoms with E-state index in [1.165, 1.54) is 5.56 Å². The third kappa shape index (κ3) is 4.75. The first-order chi connectivity index (χ1) is 7.88. The van der Waals surface area contributed by atoms with Crippen molar-refractivity contribution in [3.05, 3.63) is 35.9 Å². The van der Waals surface area contributed by atoms with Gasteiger partial charge in [0.15, 0.2) is 0 Å². The van der Waals surface area contributed by atoms with Crippen LogP contribution in [0, 0.1) is 0 Å². The number of ether oxygens (including phenoxy) is 1. The fraction of sp³-hybridized carbons (Fsp3) is 0.538. The van der Waals surface area contributed by atoms with Crippen LogP contribution in [0.25, 0.3) is 0 Å². The Morgan fingerprint density at radius 2 is 1.94 bits per heavy atom. The molecular weight excluding hydrogens is 200 g/mol. The van der Waals surface area contributed by atoms with Crippen molar-refractivity contribution in [1.29, 1.82) is 0 Å². The van der Waals surface area contributed by atoms with Gasteiger partial charge < -0.3 is 15.4 Å². The lowest BCUT2D eigenvalue weighted by Crippen LogP contribution is -2.25. The van der Waals surface area contributed by atoms with E-state index < -0.39 is 0 Å². The number of rotatable bonds is 8. The summed E-state index contributed by atoms with van der Waals surface area (Å²) in [4.78, 5) is 0. The molecule has 0 radical (unpaired) electrons. The quantitative estimate of drug-likeness (QED) is 0.655. The van der Waals surface area contributed by atoms with Crippen molar-refractivity contribution in [1.82, 2.24) is 10.6 Å². The standard InChI is InChI=1S/C13H22N2O/c1-14-9-6-10-15-11-13(16-2)12-7-4-3-5-8-12/h3-5,7-8,13-15H,6,9-11H2,1-2H3. The van der Waals surface area contributed by atoms with Gasteiger partial charge in [0.25, 0.3) is 0 Å². The van der Waals surface area contributed by atoms with Crippen molar-refractivity contribution in [3.8, 4) is 0 Å². The summed E-state index contributed by atoms with van der Waals surface area (Å²) in [6.45, 7) is 2.94. The highest BCUT2D eigenvalue weighted by Crippen LogP contribution is 2.14. The summed E-state index contributed by atoms with van der Waals surface area (Å²) in [7, 11) is 3.73. The van der Waals surface area contributed by atoms with Gasteiger partial charge in [-0.15, -0.1) is 0 Å². The SMILES string of the molecule is CNCCCNCC(OC)c1ccccc1. The van der Waals surface area contributed by atoms with Crippen LogP contribution in [-0.2, 0) is 4.74 Å². The van der Waals surface area contributed by atoms with Gasteiger partial charge in [-0.2, -0.15) is 0 Å². The van der Waals surface area contributed by atoms with E-state index >= 15 is 0 Å². The summed E-state index contributed by atoms with van der Waals surface area (Å²) >= 11 is 0. The molecule has 1 rings (SSSR count).